The second-order valence-corrected chi connectivity index (χ2v) is 4.71. The summed E-state index contributed by atoms with van der Waals surface area (Å²) in [6, 6.07) is 2.55. The fourth-order valence-corrected chi connectivity index (χ4v) is 2.53. The molecule has 21 heavy (non-hydrogen) atoms. The second-order valence-electron chi connectivity index (χ2n) is 4.71. The summed E-state index contributed by atoms with van der Waals surface area (Å²) in [4.78, 5) is 2.07. The molecule has 0 bridgehead atoms. The van der Waals surface area contributed by atoms with Gasteiger partial charge in [0.2, 0.25) is 0 Å². The van der Waals surface area contributed by atoms with Crippen LogP contribution in [-0.2, 0) is 0 Å². The quantitative estimate of drug-likeness (QED) is 0.854. The zero-order valence-electron chi connectivity index (χ0n) is 12.3. The van der Waals surface area contributed by atoms with Crippen LogP contribution in [0.15, 0.2) is 12.1 Å². The van der Waals surface area contributed by atoms with Gasteiger partial charge in [0.25, 0.3) is 0 Å². The maximum absolute atomic E-state index is 14.3. The molecular weight excluding hydrogens is 299 g/mol. The first-order valence-corrected chi connectivity index (χ1v) is 6.68. The molecule has 0 aromatic heterocycles. The number of ether oxygens (including phenoxy) is 2. The Hall–Kier alpha value is -1.08. The first-order chi connectivity index (χ1) is 9.71. The maximum atomic E-state index is 14.3. The van der Waals surface area contributed by atoms with Gasteiger partial charge < -0.3 is 19.9 Å². The summed E-state index contributed by atoms with van der Waals surface area (Å²) < 4.78 is 24.5. The van der Waals surface area contributed by atoms with Gasteiger partial charge in [0.15, 0.2) is 11.5 Å². The number of hydrogen-bond acceptors (Lipinski definition) is 5. The lowest BCUT2D eigenvalue weighted by Crippen LogP contribution is -2.46. The van der Waals surface area contributed by atoms with Crippen LogP contribution in [0.1, 0.15) is 11.6 Å². The van der Waals surface area contributed by atoms with Gasteiger partial charge in [-0.1, -0.05) is 0 Å². The topological polar surface area (TPSA) is 54.0 Å². The molecule has 120 valence electrons. The SMILES string of the molecule is COc1cc(F)c([C@H](CO)N2CCNCC2)cc1OC.Cl. The van der Waals surface area contributed by atoms with Crippen LogP contribution in [0.25, 0.3) is 0 Å². The molecule has 0 spiro atoms. The molecule has 1 heterocycles. The molecule has 0 radical (unpaired) electrons. The highest BCUT2D eigenvalue weighted by Crippen LogP contribution is 2.34. The zero-order valence-corrected chi connectivity index (χ0v) is 13.1. The number of methoxy groups -OCH3 is 2. The van der Waals surface area contributed by atoms with E-state index in [9.17, 15) is 9.50 Å². The molecule has 5 nitrogen and oxygen atoms in total. The summed E-state index contributed by atoms with van der Waals surface area (Å²) in [7, 11) is 2.98. The third-order valence-electron chi connectivity index (χ3n) is 3.63. The standard InChI is InChI=1S/C14H21FN2O3.ClH/c1-19-13-7-10(11(15)8-14(13)20-2)12(9-18)17-5-3-16-4-6-17;/h7-8,12,16,18H,3-6,9H2,1-2H3;1H/t12-;/m0./s1. The van der Waals surface area contributed by atoms with Gasteiger partial charge in [-0.15, -0.1) is 12.4 Å². The Labute approximate surface area is 130 Å². The number of piperazine rings is 1. The van der Waals surface area contributed by atoms with E-state index in [0.717, 1.165) is 26.2 Å². The van der Waals surface area contributed by atoms with E-state index in [1.54, 1.807) is 6.07 Å². The Bertz CT molecular complexity index is 456. The van der Waals surface area contributed by atoms with E-state index in [2.05, 4.69) is 10.2 Å². The van der Waals surface area contributed by atoms with Crippen molar-refractivity contribution in [3.05, 3.63) is 23.5 Å². The van der Waals surface area contributed by atoms with E-state index in [1.807, 2.05) is 0 Å². The van der Waals surface area contributed by atoms with E-state index < -0.39 is 0 Å². The lowest BCUT2D eigenvalue weighted by molar-refractivity contribution is 0.108. The molecule has 2 N–H and O–H groups in total. The van der Waals surface area contributed by atoms with Gasteiger partial charge in [-0.25, -0.2) is 4.39 Å². The normalized spacial score (nSPS) is 17.0. The highest BCUT2D eigenvalue weighted by Gasteiger charge is 2.25. The minimum atomic E-state index is -0.389. The van der Waals surface area contributed by atoms with E-state index in [1.165, 1.54) is 20.3 Å². The van der Waals surface area contributed by atoms with Gasteiger partial charge in [0, 0.05) is 37.8 Å². The lowest BCUT2D eigenvalue weighted by Gasteiger charge is -2.34. The first-order valence-electron chi connectivity index (χ1n) is 6.68. The van der Waals surface area contributed by atoms with Crippen molar-refractivity contribution in [1.29, 1.82) is 0 Å². The van der Waals surface area contributed by atoms with Crippen molar-refractivity contribution in [3.8, 4) is 11.5 Å². The molecule has 0 amide bonds. The second kappa shape index (κ2) is 8.38. The van der Waals surface area contributed by atoms with E-state index >= 15 is 0 Å². The molecule has 2 rings (SSSR count). The number of benzene rings is 1. The molecule has 1 aromatic carbocycles. The summed E-state index contributed by atoms with van der Waals surface area (Å²) in [6.45, 7) is 3.10. The van der Waals surface area contributed by atoms with Crippen molar-refractivity contribution < 1.29 is 19.0 Å². The number of halogens is 2. The molecule has 1 saturated heterocycles. The van der Waals surface area contributed by atoms with Crippen molar-refractivity contribution in [3.63, 3.8) is 0 Å². The van der Waals surface area contributed by atoms with Crippen molar-refractivity contribution in [1.82, 2.24) is 10.2 Å². The largest absolute Gasteiger partial charge is 0.493 e. The molecule has 7 heteroatoms. The van der Waals surface area contributed by atoms with Crippen LogP contribution in [-0.4, -0.2) is 57.0 Å². The number of aliphatic hydroxyl groups excluding tert-OH is 1. The molecule has 1 atom stereocenters. The van der Waals surface area contributed by atoms with Gasteiger partial charge in [0.05, 0.1) is 26.9 Å². The fraction of sp³-hybridized carbons (Fsp3) is 0.571. The number of nitrogens with one attached hydrogen (secondary N) is 1. The molecule has 0 unspecified atom stereocenters. The van der Waals surface area contributed by atoms with Crippen molar-refractivity contribution in [2.75, 3.05) is 47.0 Å². The van der Waals surface area contributed by atoms with Crippen LogP contribution in [0.3, 0.4) is 0 Å². The van der Waals surface area contributed by atoms with Crippen molar-refractivity contribution in [2.45, 2.75) is 6.04 Å². The van der Waals surface area contributed by atoms with E-state index in [0.29, 0.717) is 17.1 Å². The average Bonchev–Trinajstić information content (AvgIpc) is 2.50. The highest BCUT2D eigenvalue weighted by molar-refractivity contribution is 5.85. The minimum Gasteiger partial charge on any atom is -0.493 e. The molecule has 1 aliphatic rings. The monoisotopic (exact) mass is 320 g/mol. The van der Waals surface area contributed by atoms with Crippen LogP contribution >= 0.6 is 12.4 Å². The molecule has 0 saturated carbocycles. The van der Waals surface area contributed by atoms with Crippen LogP contribution in [0, 0.1) is 5.82 Å². The Kier molecular flexibility index (Phi) is 7.17. The fourth-order valence-electron chi connectivity index (χ4n) is 2.53. The van der Waals surface area contributed by atoms with E-state index in [4.69, 9.17) is 9.47 Å². The highest BCUT2D eigenvalue weighted by atomic mass is 35.5. The van der Waals surface area contributed by atoms with E-state index in [-0.39, 0.29) is 30.9 Å². The summed E-state index contributed by atoms with van der Waals surface area (Å²) in [5, 5.41) is 12.9. The van der Waals surface area contributed by atoms with Gasteiger partial charge in [0.1, 0.15) is 5.82 Å². The smallest absolute Gasteiger partial charge is 0.163 e. The first kappa shape index (κ1) is 18.0. The van der Waals surface area contributed by atoms with Crippen molar-refractivity contribution in [2.24, 2.45) is 0 Å². The third kappa shape index (κ3) is 3.97. The predicted octanol–water partition coefficient (Wildman–Crippen LogP) is 1.20. The Morgan fingerprint density at radius 1 is 1.24 bits per heavy atom. The number of hydrogen-bond donors (Lipinski definition) is 2. The average molecular weight is 321 g/mol. The maximum Gasteiger partial charge on any atom is 0.163 e. The molecule has 0 aliphatic carbocycles. The summed E-state index contributed by atoms with van der Waals surface area (Å²) >= 11 is 0. The molecule has 1 aromatic rings. The minimum absolute atomic E-state index is 0. The van der Waals surface area contributed by atoms with Crippen molar-refractivity contribution >= 4 is 12.4 Å². The van der Waals surface area contributed by atoms with Gasteiger partial charge in [-0.2, -0.15) is 0 Å². The van der Waals surface area contributed by atoms with Crippen LogP contribution in [0.2, 0.25) is 0 Å². The number of aliphatic hydroxyl groups is 1. The number of nitrogens with zero attached hydrogens (tertiary/aromatic N) is 1. The molecule has 1 aliphatic heterocycles. The van der Waals surface area contributed by atoms with Gasteiger partial charge in [-0.3, -0.25) is 4.90 Å². The Balaban J connectivity index is 0.00000220. The lowest BCUT2D eigenvalue weighted by atomic mass is 10.0. The third-order valence-corrected chi connectivity index (χ3v) is 3.63. The van der Waals surface area contributed by atoms with Crippen LogP contribution in [0.4, 0.5) is 4.39 Å². The molecule has 1 fully saturated rings. The predicted molar refractivity (Wildman–Crippen MR) is 81.0 cm³/mol. The van der Waals surface area contributed by atoms with Crippen LogP contribution in [0.5, 0.6) is 11.5 Å². The summed E-state index contributed by atoms with van der Waals surface area (Å²) in [5.41, 5.74) is 0.437. The van der Waals surface area contributed by atoms with Gasteiger partial charge in [-0.05, 0) is 6.07 Å². The summed E-state index contributed by atoms with van der Waals surface area (Å²) in [5.74, 6) is 0.434. The summed E-state index contributed by atoms with van der Waals surface area (Å²) in [6.07, 6.45) is 0. The Morgan fingerprint density at radius 2 is 1.81 bits per heavy atom. The van der Waals surface area contributed by atoms with Gasteiger partial charge >= 0.3 is 0 Å². The number of rotatable bonds is 5. The molecular formula is C14H22ClFN2O3. The zero-order chi connectivity index (χ0) is 14.5. The Morgan fingerprint density at radius 3 is 2.33 bits per heavy atom. The van der Waals surface area contributed by atoms with Crippen LogP contribution < -0.4 is 14.8 Å².